The number of fused-ring (bicyclic) bond motifs is 1. The largest absolute Gasteiger partial charge is 0.379 e. The molecule has 1 aromatic rings. The number of nitrogens with one attached hydrogen (secondary N) is 1. The monoisotopic (exact) mass is 497 g/mol. The van der Waals surface area contributed by atoms with Gasteiger partial charge in [0.25, 0.3) is 0 Å². The van der Waals surface area contributed by atoms with Gasteiger partial charge in [-0.05, 0) is 82.0 Å². The average molecular weight is 498 g/mol. The van der Waals surface area contributed by atoms with Gasteiger partial charge in [0.1, 0.15) is 6.04 Å². The van der Waals surface area contributed by atoms with Gasteiger partial charge in [0.15, 0.2) is 0 Å². The molecule has 3 saturated heterocycles. The average Bonchev–Trinajstić information content (AvgIpc) is 3.33. The highest BCUT2D eigenvalue weighted by Gasteiger charge is 2.43. The van der Waals surface area contributed by atoms with Gasteiger partial charge in [-0.3, -0.25) is 14.5 Å². The van der Waals surface area contributed by atoms with Crippen molar-refractivity contribution in [3.63, 3.8) is 0 Å². The summed E-state index contributed by atoms with van der Waals surface area (Å²) in [5, 5.41) is 3.31. The van der Waals surface area contributed by atoms with Crippen molar-refractivity contribution in [1.82, 2.24) is 15.1 Å². The number of benzene rings is 1. The number of aryl methyl sites for hydroxylation is 1. The molecule has 0 saturated carbocycles. The molecule has 1 spiro atoms. The number of hydrogen-bond acceptors (Lipinski definition) is 4. The second kappa shape index (κ2) is 12.6. The number of piperidine rings is 1. The number of nitrogens with zero attached hydrogens (tertiary/aromatic N) is 2. The third-order valence-electron chi connectivity index (χ3n) is 8.68. The zero-order valence-corrected chi connectivity index (χ0v) is 22.8. The van der Waals surface area contributed by atoms with Crippen LogP contribution in [0.4, 0.5) is 0 Å². The molecule has 1 aromatic carbocycles. The minimum absolute atomic E-state index is 0.0901. The third-order valence-corrected chi connectivity index (χ3v) is 8.68. The van der Waals surface area contributed by atoms with E-state index in [1.807, 2.05) is 4.90 Å². The molecule has 200 valence electrons. The Morgan fingerprint density at radius 3 is 2.56 bits per heavy atom. The second-order valence-electron chi connectivity index (χ2n) is 11.9. The van der Waals surface area contributed by atoms with Crippen LogP contribution in [0.15, 0.2) is 24.3 Å². The summed E-state index contributed by atoms with van der Waals surface area (Å²) in [7, 11) is 0. The first-order valence-electron chi connectivity index (χ1n) is 14.3. The molecule has 6 nitrogen and oxygen atoms in total. The van der Waals surface area contributed by atoms with E-state index in [-0.39, 0.29) is 23.3 Å². The zero-order chi connectivity index (χ0) is 25.5. The first-order chi connectivity index (χ1) is 17.4. The van der Waals surface area contributed by atoms with Crippen LogP contribution in [0.3, 0.4) is 0 Å². The van der Waals surface area contributed by atoms with E-state index < -0.39 is 6.04 Å². The lowest BCUT2D eigenvalue weighted by molar-refractivity contribution is -0.143. The molecule has 1 N–H and O–H groups in total. The quantitative estimate of drug-likeness (QED) is 0.656. The number of likely N-dealkylation sites (tertiary alicyclic amines) is 1. The van der Waals surface area contributed by atoms with Crippen molar-refractivity contribution >= 4 is 11.8 Å². The molecular formula is C30H47N3O3. The van der Waals surface area contributed by atoms with Gasteiger partial charge in [0, 0.05) is 19.7 Å². The third kappa shape index (κ3) is 6.69. The Bertz CT molecular complexity index is 878. The fourth-order valence-electron chi connectivity index (χ4n) is 6.33. The molecule has 36 heavy (non-hydrogen) atoms. The smallest absolute Gasteiger partial charge is 0.245 e. The second-order valence-corrected chi connectivity index (χ2v) is 11.9. The lowest BCUT2D eigenvalue weighted by atomic mass is 9.73. The van der Waals surface area contributed by atoms with E-state index in [4.69, 9.17) is 4.74 Å². The first kappa shape index (κ1) is 27.1. The van der Waals surface area contributed by atoms with Crippen LogP contribution in [0.5, 0.6) is 0 Å². The van der Waals surface area contributed by atoms with Gasteiger partial charge in [-0.2, -0.15) is 0 Å². The van der Waals surface area contributed by atoms with Crippen molar-refractivity contribution in [3.8, 4) is 0 Å². The number of carbonyl (C=O) groups is 2. The van der Waals surface area contributed by atoms with Crippen molar-refractivity contribution in [1.29, 1.82) is 0 Å². The molecule has 3 fully saturated rings. The van der Waals surface area contributed by atoms with E-state index in [1.54, 1.807) is 0 Å². The van der Waals surface area contributed by atoms with E-state index >= 15 is 0 Å². The molecule has 4 rings (SSSR count). The van der Waals surface area contributed by atoms with Gasteiger partial charge < -0.3 is 15.0 Å². The molecule has 3 aliphatic rings. The summed E-state index contributed by atoms with van der Waals surface area (Å²) < 4.78 is 6.01. The number of carbonyl (C=O) groups excluding carboxylic acids is 2. The molecule has 2 amide bonds. The molecule has 0 radical (unpaired) electrons. The highest BCUT2D eigenvalue weighted by atomic mass is 16.5. The maximum atomic E-state index is 14.0. The summed E-state index contributed by atoms with van der Waals surface area (Å²) in [5.74, 6) is 0.538. The SMILES string of the molecule is Cc1ccccc1CN1CCC2(CCCCCOC[C@@H]3CCCN3C(=O)[C@H](CC(C)C)NC2=O)CC1. The highest BCUT2D eigenvalue weighted by Crippen LogP contribution is 2.38. The number of rotatable bonds is 4. The summed E-state index contributed by atoms with van der Waals surface area (Å²) in [6, 6.07) is 8.29. The maximum absolute atomic E-state index is 14.0. The van der Waals surface area contributed by atoms with Crippen LogP contribution < -0.4 is 5.32 Å². The molecule has 3 heterocycles. The van der Waals surface area contributed by atoms with Crippen LogP contribution in [0.25, 0.3) is 0 Å². The summed E-state index contributed by atoms with van der Waals surface area (Å²) in [6.45, 7) is 11.4. The minimum atomic E-state index is -0.442. The van der Waals surface area contributed by atoms with Crippen LogP contribution in [-0.4, -0.2) is 66.5 Å². The maximum Gasteiger partial charge on any atom is 0.245 e. The van der Waals surface area contributed by atoms with Crippen molar-refractivity contribution in [2.75, 3.05) is 32.8 Å². The molecule has 0 unspecified atom stereocenters. The van der Waals surface area contributed by atoms with Gasteiger partial charge in [-0.1, -0.05) is 51.0 Å². The predicted molar refractivity (Wildman–Crippen MR) is 144 cm³/mol. The molecular weight excluding hydrogens is 450 g/mol. The summed E-state index contributed by atoms with van der Waals surface area (Å²) >= 11 is 0. The van der Waals surface area contributed by atoms with Crippen LogP contribution in [0, 0.1) is 18.3 Å². The Morgan fingerprint density at radius 1 is 1.03 bits per heavy atom. The Kier molecular flexibility index (Phi) is 9.46. The van der Waals surface area contributed by atoms with Crippen molar-refractivity contribution in [2.45, 2.75) is 97.2 Å². The zero-order valence-electron chi connectivity index (χ0n) is 22.8. The number of amides is 2. The Hall–Kier alpha value is -1.92. The van der Waals surface area contributed by atoms with Gasteiger partial charge in [-0.15, -0.1) is 0 Å². The van der Waals surface area contributed by atoms with Gasteiger partial charge in [0.05, 0.1) is 18.1 Å². The fraction of sp³-hybridized carbons (Fsp3) is 0.733. The van der Waals surface area contributed by atoms with Gasteiger partial charge in [-0.25, -0.2) is 0 Å². The summed E-state index contributed by atoms with van der Waals surface area (Å²) in [5.41, 5.74) is 2.31. The highest BCUT2D eigenvalue weighted by molar-refractivity contribution is 5.90. The molecule has 0 aromatic heterocycles. The molecule has 3 aliphatic heterocycles. The minimum Gasteiger partial charge on any atom is -0.379 e. The van der Waals surface area contributed by atoms with Gasteiger partial charge >= 0.3 is 0 Å². The van der Waals surface area contributed by atoms with Crippen LogP contribution >= 0.6 is 0 Å². The normalized spacial score (nSPS) is 26.6. The first-order valence-corrected chi connectivity index (χ1v) is 14.3. The molecule has 6 heteroatoms. The van der Waals surface area contributed by atoms with E-state index in [0.717, 1.165) is 84.2 Å². The van der Waals surface area contributed by atoms with E-state index in [2.05, 4.69) is 55.3 Å². The molecule has 0 bridgehead atoms. The van der Waals surface area contributed by atoms with Crippen molar-refractivity contribution < 1.29 is 14.3 Å². The van der Waals surface area contributed by atoms with Gasteiger partial charge in [0.2, 0.25) is 11.8 Å². The Morgan fingerprint density at radius 2 is 1.81 bits per heavy atom. The summed E-state index contributed by atoms with van der Waals surface area (Å²) in [4.78, 5) is 32.2. The molecule has 2 atom stereocenters. The van der Waals surface area contributed by atoms with Crippen molar-refractivity contribution in [2.24, 2.45) is 11.3 Å². The van der Waals surface area contributed by atoms with Crippen LogP contribution in [0.2, 0.25) is 0 Å². The Labute approximate surface area is 218 Å². The molecule has 0 aliphatic carbocycles. The van der Waals surface area contributed by atoms with E-state index in [9.17, 15) is 9.59 Å². The van der Waals surface area contributed by atoms with Crippen LogP contribution in [0.1, 0.15) is 82.8 Å². The topological polar surface area (TPSA) is 61.9 Å². The Balaban J connectivity index is 1.49. The predicted octanol–water partition coefficient (Wildman–Crippen LogP) is 4.69. The lowest BCUT2D eigenvalue weighted by Crippen LogP contribution is -2.56. The van der Waals surface area contributed by atoms with E-state index in [0.29, 0.717) is 18.9 Å². The lowest BCUT2D eigenvalue weighted by Gasteiger charge is -2.42. The number of hydrogen-bond donors (Lipinski definition) is 1. The standard InChI is InChI=1S/C30H47N3O3/c1-23(2)20-27-28(34)33-16-9-12-26(33)22-36-19-8-4-7-13-30(29(35)31-27)14-17-32(18-15-30)21-25-11-6-5-10-24(25)3/h5-6,10-11,23,26-27H,4,7-9,12-22H2,1-3H3,(H,31,35)/t26-,27-/m0/s1. The van der Waals surface area contributed by atoms with Crippen molar-refractivity contribution in [3.05, 3.63) is 35.4 Å². The van der Waals surface area contributed by atoms with E-state index in [1.165, 1.54) is 11.1 Å². The number of ether oxygens (including phenoxy) is 1. The van der Waals surface area contributed by atoms with Crippen LogP contribution in [-0.2, 0) is 20.9 Å². The summed E-state index contributed by atoms with van der Waals surface area (Å²) in [6.07, 6.45) is 8.45. The fourth-order valence-corrected chi connectivity index (χ4v) is 6.33.